The largest absolute Gasteiger partial charge is 0.370 e. The van der Waals surface area contributed by atoms with Crippen LogP contribution in [0, 0.1) is 5.92 Å². The number of hydrogen-bond donors (Lipinski definition) is 3. The predicted molar refractivity (Wildman–Crippen MR) is 53.3 cm³/mol. The van der Waals surface area contributed by atoms with Crippen LogP contribution < -0.4 is 16.6 Å². The summed E-state index contributed by atoms with van der Waals surface area (Å²) in [5.74, 6) is 7.69. The Balaban J connectivity index is 1.93. The van der Waals surface area contributed by atoms with Gasteiger partial charge in [0.15, 0.2) is 0 Å². The van der Waals surface area contributed by atoms with Gasteiger partial charge in [-0.05, 0) is 30.9 Å². The Morgan fingerprint density at radius 3 is 2.85 bits per heavy atom. The van der Waals surface area contributed by atoms with Crippen molar-refractivity contribution in [2.75, 3.05) is 17.3 Å². The molecule has 0 aliphatic heterocycles. The molecule has 1 aromatic heterocycles. The van der Waals surface area contributed by atoms with Crippen LogP contribution >= 0.6 is 0 Å². The lowest BCUT2D eigenvalue weighted by Gasteiger charge is -2.05. The molecule has 0 atom stereocenters. The van der Waals surface area contributed by atoms with Gasteiger partial charge in [-0.3, -0.25) is 0 Å². The van der Waals surface area contributed by atoms with E-state index in [0.29, 0.717) is 5.82 Å². The van der Waals surface area contributed by atoms with Crippen LogP contribution in [0.3, 0.4) is 0 Å². The molecule has 4 N–H and O–H groups in total. The molecule has 4 heteroatoms. The van der Waals surface area contributed by atoms with E-state index >= 15 is 0 Å². The quantitative estimate of drug-likeness (QED) is 0.478. The minimum atomic E-state index is 0.695. The van der Waals surface area contributed by atoms with E-state index in [9.17, 15) is 0 Å². The van der Waals surface area contributed by atoms with Gasteiger partial charge >= 0.3 is 0 Å². The second-order valence-electron chi connectivity index (χ2n) is 3.38. The number of aromatic nitrogens is 1. The van der Waals surface area contributed by atoms with Crippen LogP contribution in [-0.4, -0.2) is 11.5 Å². The van der Waals surface area contributed by atoms with Crippen LogP contribution in [0.5, 0.6) is 0 Å². The third-order valence-electron chi connectivity index (χ3n) is 2.17. The van der Waals surface area contributed by atoms with Gasteiger partial charge in [0.1, 0.15) is 11.6 Å². The van der Waals surface area contributed by atoms with Crippen molar-refractivity contribution < 1.29 is 0 Å². The standard InChI is InChI=1S/C9H14N4/c10-13-9-3-1-2-8(12-9)11-6-7-4-5-7/h1-3,7H,4-6,10H2,(H2,11,12,13). The van der Waals surface area contributed by atoms with Crippen molar-refractivity contribution in [1.82, 2.24) is 4.98 Å². The summed E-state index contributed by atoms with van der Waals surface area (Å²) in [4.78, 5) is 4.24. The number of nitrogens with two attached hydrogens (primary N) is 1. The van der Waals surface area contributed by atoms with E-state index < -0.39 is 0 Å². The number of nitrogens with zero attached hydrogens (tertiary/aromatic N) is 1. The average molecular weight is 178 g/mol. The zero-order valence-corrected chi connectivity index (χ0v) is 7.46. The summed E-state index contributed by atoms with van der Waals surface area (Å²) in [6.07, 6.45) is 2.70. The molecule has 0 unspecified atom stereocenters. The highest BCUT2D eigenvalue weighted by molar-refractivity contribution is 5.44. The lowest BCUT2D eigenvalue weighted by Crippen LogP contribution is -2.10. The molecule has 1 heterocycles. The second kappa shape index (κ2) is 3.62. The minimum Gasteiger partial charge on any atom is -0.370 e. The van der Waals surface area contributed by atoms with E-state index in [1.165, 1.54) is 12.8 Å². The van der Waals surface area contributed by atoms with Crippen LogP contribution in [0.1, 0.15) is 12.8 Å². The molecule has 1 fully saturated rings. The maximum Gasteiger partial charge on any atom is 0.142 e. The maximum atomic E-state index is 5.25. The highest BCUT2D eigenvalue weighted by atomic mass is 15.3. The number of hydrogen-bond acceptors (Lipinski definition) is 4. The van der Waals surface area contributed by atoms with E-state index in [-0.39, 0.29) is 0 Å². The van der Waals surface area contributed by atoms with Crippen LogP contribution in [-0.2, 0) is 0 Å². The number of anilines is 2. The third kappa shape index (κ3) is 2.32. The molecule has 1 aromatic rings. The zero-order valence-electron chi connectivity index (χ0n) is 7.46. The van der Waals surface area contributed by atoms with Crippen molar-refractivity contribution in [2.24, 2.45) is 11.8 Å². The molecule has 0 aromatic carbocycles. The van der Waals surface area contributed by atoms with Gasteiger partial charge in [0.25, 0.3) is 0 Å². The van der Waals surface area contributed by atoms with E-state index in [0.717, 1.165) is 18.3 Å². The fourth-order valence-corrected chi connectivity index (χ4v) is 1.18. The molecule has 1 saturated carbocycles. The summed E-state index contributed by atoms with van der Waals surface area (Å²) in [5, 5.41) is 3.27. The number of pyridine rings is 1. The van der Waals surface area contributed by atoms with Crippen LogP contribution in [0.25, 0.3) is 0 Å². The highest BCUT2D eigenvalue weighted by Crippen LogP contribution is 2.28. The monoisotopic (exact) mass is 178 g/mol. The Morgan fingerprint density at radius 2 is 2.15 bits per heavy atom. The Bertz CT molecular complexity index is 283. The minimum absolute atomic E-state index is 0.695. The SMILES string of the molecule is NNc1cccc(NCC2CC2)n1. The number of hydrazine groups is 1. The first-order valence-electron chi connectivity index (χ1n) is 4.56. The Morgan fingerprint density at radius 1 is 1.38 bits per heavy atom. The molecule has 0 bridgehead atoms. The summed E-state index contributed by atoms with van der Waals surface area (Å²) in [7, 11) is 0. The van der Waals surface area contributed by atoms with Gasteiger partial charge in [-0.1, -0.05) is 6.07 Å². The van der Waals surface area contributed by atoms with Crippen LogP contribution in [0.2, 0.25) is 0 Å². The van der Waals surface area contributed by atoms with Crippen LogP contribution in [0.4, 0.5) is 11.6 Å². The fourth-order valence-electron chi connectivity index (χ4n) is 1.18. The Kier molecular flexibility index (Phi) is 2.31. The summed E-state index contributed by atoms with van der Waals surface area (Å²) in [6, 6.07) is 5.71. The highest BCUT2D eigenvalue weighted by Gasteiger charge is 2.20. The van der Waals surface area contributed by atoms with E-state index in [1.807, 2.05) is 18.2 Å². The molecule has 4 nitrogen and oxygen atoms in total. The molecule has 2 rings (SSSR count). The summed E-state index contributed by atoms with van der Waals surface area (Å²) >= 11 is 0. The molecular weight excluding hydrogens is 164 g/mol. The van der Waals surface area contributed by atoms with E-state index in [1.54, 1.807) is 0 Å². The molecule has 1 aliphatic carbocycles. The molecule has 0 spiro atoms. The zero-order chi connectivity index (χ0) is 9.10. The Labute approximate surface area is 77.5 Å². The first kappa shape index (κ1) is 8.31. The van der Waals surface area contributed by atoms with E-state index in [4.69, 9.17) is 5.84 Å². The third-order valence-corrected chi connectivity index (χ3v) is 2.17. The molecule has 0 radical (unpaired) electrons. The molecule has 1 aliphatic rings. The van der Waals surface area contributed by atoms with Gasteiger partial charge in [0.2, 0.25) is 0 Å². The summed E-state index contributed by atoms with van der Waals surface area (Å²) in [6.45, 7) is 1.03. The van der Waals surface area contributed by atoms with Crippen molar-refractivity contribution in [1.29, 1.82) is 0 Å². The molecule has 70 valence electrons. The first-order chi connectivity index (χ1) is 6.38. The molecular formula is C9H14N4. The van der Waals surface area contributed by atoms with Gasteiger partial charge < -0.3 is 10.7 Å². The van der Waals surface area contributed by atoms with Crippen molar-refractivity contribution in [3.63, 3.8) is 0 Å². The fraction of sp³-hybridized carbons (Fsp3) is 0.444. The molecule has 0 amide bonds. The summed E-state index contributed by atoms with van der Waals surface area (Å²) < 4.78 is 0. The summed E-state index contributed by atoms with van der Waals surface area (Å²) in [5.41, 5.74) is 2.52. The van der Waals surface area contributed by atoms with Crippen molar-refractivity contribution in [3.05, 3.63) is 18.2 Å². The van der Waals surface area contributed by atoms with Crippen LogP contribution in [0.15, 0.2) is 18.2 Å². The number of nitrogens with one attached hydrogen (secondary N) is 2. The topological polar surface area (TPSA) is 63.0 Å². The maximum absolute atomic E-state index is 5.25. The number of nitrogen functional groups attached to an aromatic ring is 1. The Hall–Kier alpha value is -1.29. The van der Waals surface area contributed by atoms with E-state index in [2.05, 4.69) is 15.7 Å². The normalized spacial score (nSPS) is 15.5. The van der Waals surface area contributed by atoms with Gasteiger partial charge in [0, 0.05) is 6.54 Å². The van der Waals surface area contributed by atoms with Crippen molar-refractivity contribution in [2.45, 2.75) is 12.8 Å². The first-order valence-corrected chi connectivity index (χ1v) is 4.56. The lowest BCUT2D eigenvalue weighted by molar-refractivity contribution is 0.883. The smallest absolute Gasteiger partial charge is 0.142 e. The van der Waals surface area contributed by atoms with Gasteiger partial charge in [-0.15, -0.1) is 0 Å². The molecule has 13 heavy (non-hydrogen) atoms. The van der Waals surface area contributed by atoms with Gasteiger partial charge in [-0.2, -0.15) is 0 Å². The number of rotatable bonds is 4. The predicted octanol–water partition coefficient (Wildman–Crippen LogP) is 1.19. The van der Waals surface area contributed by atoms with Crippen molar-refractivity contribution in [3.8, 4) is 0 Å². The van der Waals surface area contributed by atoms with Gasteiger partial charge in [0.05, 0.1) is 0 Å². The lowest BCUT2D eigenvalue weighted by atomic mass is 10.4. The van der Waals surface area contributed by atoms with Gasteiger partial charge in [-0.25, -0.2) is 10.8 Å². The van der Waals surface area contributed by atoms with Crippen molar-refractivity contribution >= 4 is 11.6 Å². The molecule has 0 saturated heterocycles. The average Bonchev–Trinajstić information content (AvgIpc) is 2.99. The second-order valence-corrected chi connectivity index (χ2v) is 3.38.